The van der Waals surface area contributed by atoms with Gasteiger partial charge in [-0.3, -0.25) is 4.90 Å². The Hall–Kier alpha value is -0.170. The highest BCUT2D eigenvalue weighted by Crippen LogP contribution is 1.96. The molecule has 0 aliphatic carbocycles. The lowest BCUT2D eigenvalue weighted by Crippen LogP contribution is -2.50. The molecule has 5 nitrogen and oxygen atoms in total. The van der Waals surface area contributed by atoms with E-state index in [2.05, 4.69) is 21.9 Å². The molecular formula is C8H19N3O2S. The minimum atomic E-state index is -3.03. The molecule has 0 aromatic rings. The molecule has 1 saturated heterocycles. The van der Waals surface area contributed by atoms with E-state index in [0.717, 1.165) is 26.2 Å². The van der Waals surface area contributed by atoms with Gasteiger partial charge < -0.3 is 5.32 Å². The third kappa shape index (κ3) is 4.90. The Morgan fingerprint density at radius 2 is 2.29 bits per heavy atom. The third-order valence-electron chi connectivity index (χ3n) is 2.25. The van der Waals surface area contributed by atoms with Crippen molar-refractivity contribution < 1.29 is 8.42 Å². The van der Waals surface area contributed by atoms with Crippen molar-refractivity contribution in [1.29, 1.82) is 0 Å². The smallest absolute Gasteiger partial charge is 0.208 e. The highest BCUT2D eigenvalue weighted by Gasteiger charge is 2.14. The highest BCUT2D eigenvalue weighted by molar-refractivity contribution is 7.88. The lowest BCUT2D eigenvalue weighted by molar-refractivity contribution is 0.210. The summed E-state index contributed by atoms with van der Waals surface area (Å²) in [4.78, 5) is 2.26. The maximum absolute atomic E-state index is 10.8. The Morgan fingerprint density at radius 3 is 2.86 bits per heavy atom. The topological polar surface area (TPSA) is 61.4 Å². The van der Waals surface area contributed by atoms with Crippen molar-refractivity contribution in [1.82, 2.24) is 14.9 Å². The average molecular weight is 221 g/mol. The predicted molar refractivity (Wildman–Crippen MR) is 56.8 cm³/mol. The van der Waals surface area contributed by atoms with E-state index in [1.54, 1.807) is 0 Å². The predicted octanol–water partition coefficient (Wildman–Crippen LogP) is -1.17. The van der Waals surface area contributed by atoms with E-state index in [0.29, 0.717) is 12.6 Å². The molecule has 0 bridgehead atoms. The summed E-state index contributed by atoms with van der Waals surface area (Å²) in [5.74, 6) is 0. The summed E-state index contributed by atoms with van der Waals surface area (Å²) < 4.78 is 24.1. The van der Waals surface area contributed by atoms with Crippen LogP contribution in [0.2, 0.25) is 0 Å². The fourth-order valence-electron chi connectivity index (χ4n) is 1.60. The zero-order valence-corrected chi connectivity index (χ0v) is 9.60. The monoisotopic (exact) mass is 221 g/mol. The molecule has 0 saturated carbocycles. The number of nitrogens with zero attached hydrogens (tertiary/aromatic N) is 1. The number of nitrogens with one attached hydrogen (secondary N) is 2. The quantitative estimate of drug-likeness (QED) is 0.628. The van der Waals surface area contributed by atoms with Crippen molar-refractivity contribution >= 4 is 10.0 Å². The van der Waals surface area contributed by atoms with Gasteiger partial charge in [-0.15, -0.1) is 0 Å². The van der Waals surface area contributed by atoms with Gasteiger partial charge in [-0.2, -0.15) is 0 Å². The first-order valence-electron chi connectivity index (χ1n) is 4.88. The number of sulfonamides is 1. The Balaban J connectivity index is 2.18. The normalized spacial score (nSPS) is 25.1. The second kappa shape index (κ2) is 5.06. The van der Waals surface area contributed by atoms with Crippen LogP contribution in [-0.4, -0.2) is 58.3 Å². The van der Waals surface area contributed by atoms with Gasteiger partial charge in [0.25, 0.3) is 0 Å². The minimum Gasteiger partial charge on any atom is -0.312 e. The first kappa shape index (κ1) is 11.9. The molecule has 1 rings (SSSR count). The largest absolute Gasteiger partial charge is 0.312 e. The van der Waals surface area contributed by atoms with Crippen LogP contribution < -0.4 is 10.0 Å². The zero-order chi connectivity index (χ0) is 10.6. The Labute approximate surface area is 85.9 Å². The van der Waals surface area contributed by atoms with Crippen LogP contribution in [0, 0.1) is 0 Å². The summed E-state index contributed by atoms with van der Waals surface area (Å²) in [6.45, 7) is 6.40. The van der Waals surface area contributed by atoms with Crippen molar-refractivity contribution in [3.63, 3.8) is 0 Å². The van der Waals surface area contributed by atoms with E-state index in [1.165, 1.54) is 6.26 Å². The molecule has 1 fully saturated rings. The van der Waals surface area contributed by atoms with Crippen molar-refractivity contribution in [2.45, 2.75) is 13.0 Å². The van der Waals surface area contributed by atoms with Crippen LogP contribution in [0.15, 0.2) is 0 Å². The maximum atomic E-state index is 10.8. The SMILES string of the molecule is CC1CN(CCNS(C)(=O)=O)CCN1. The van der Waals surface area contributed by atoms with Crippen LogP contribution in [0.3, 0.4) is 0 Å². The van der Waals surface area contributed by atoms with Crippen LogP contribution in [0.5, 0.6) is 0 Å². The molecule has 14 heavy (non-hydrogen) atoms. The fraction of sp³-hybridized carbons (Fsp3) is 1.00. The van der Waals surface area contributed by atoms with Crippen molar-refractivity contribution in [2.24, 2.45) is 0 Å². The highest BCUT2D eigenvalue weighted by atomic mass is 32.2. The lowest BCUT2D eigenvalue weighted by Gasteiger charge is -2.31. The molecule has 0 amide bonds. The Kier molecular flexibility index (Phi) is 4.31. The molecule has 84 valence electrons. The first-order valence-corrected chi connectivity index (χ1v) is 6.77. The van der Waals surface area contributed by atoms with Gasteiger partial charge in [0.2, 0.25) is 10.0 Å². The van der Waals surface area contributed by atoms with Gasteiger partial charge in [0.05, 0.1) is 6.26 Å². The van der Waals surface area contributed by atoms with Gasteiger partial charge in [-0.1, -0.05) is 0 Å². The molecule has 1 heterocycles. The van der Waals surface area contributed by atoms with Crippen molar-refractivity contribution in [2.75, 3.05) is 39.0 Å². The number of piperazine rings is 1. The van der Waals surface area contributed by atoms with E-state index in [-0.39, 0.29) is 0 Å². The van der Waals surface area contributed by atoms with E-state index in [4.69, 9.17) is 0 Å². The molecule has 1 aliphatic rings. The molecule has 6 heteroatoms. The second-order valence-electron chi connectivity index (χ2n) is 3.82. The molecule has 1 atom stereocenters. The summed E-state index contributed by atoms with van der Waals surface area (Å²) in [7, 11) is -3.03. The molecule has 1 unspecified atom stereocenters. The van der Waals surface area contributed by atoms with E-state index in [9.17, 15) is 8.42 Å². The minimum absolute atomic E-state index is 0.502. The molecule has 0 radical (unpaired) electrons. The van der Waals surface area contributed by atoms with E-state index in [1.807, 2.05) is 0 Å². The summed E-state index contributed by atoms with van der Waals surface area (Å²) in [5.41, 5.74) is 0. The summed E-state index contributed by atoms with van der Waals surface area (Å²) in [6, 6.07) is 0.502. The Morgan fingerprint density at radius 1 is 1.57 bits per heavy atom. The lowest BCUT2D eigenvalue weighted by atomic mass is 10.2. The third-order valence-corrected chi connectivity index (χ3v) is 2.97. The number of hydrogen-bond acceptors (Lipinski definition) is 4. The van der Waals surface area contributed by atoms with Crippen molar-refractivity contribution in [3.8, 4) is 0 Å². The fourth-order valence-corrected chi connectivity index (χ4v) is 2.07. The van der Waals surface area contributed by atoms with E-state index >= 15 is 0 Å². The second-order valence-corrected chi connectivity index (χ2v) is 5.66. The van der Waals surface area contributed by atoms with E-state index < -0.39 is 10.0 Å². The van der Waals surface area contributed by atoms with Gasteiger partial charge in [0.15, 0.2) is 0 Å². The first-order chi connectivity index (χ1) is 6.47. The number of hydrogen-bond donors (Lipinski definition) is 2. The Bertz CT molecular complexity index is 266. The molecule has 1 aliphatic heterocycles. The average Bonchev–Trinajstić information content (AvgIpc) is 2.01. The standard InChI is InChI=1S/C8H19N3O2S/c1-8-7-11(5-3-9-8)6-4-10-14(2,12)13/h8-10H,3-7H2,1-2H3. The maximum Gasteiger partial charge on any atom is 0.208 e. The zero-order valence-electron chi connectivity index (χ0n) is 8.78. The molecule has 0 spiro atoms. The van der Waals surface area contributed by atoms with Crippen LogP contribution in [0.1, 0.15) is 6.92 Å². The van der Waals surface area contributed by atoms with Crippen LogP contribution in [0.4, 0.5) is 0 Å². The van der Waals surface area contributed by atoms with Gasteiger partial charge in [0.1, 0.15) is 0 Å². The molecule has 2 N–H and O–H groups in total. The molecule has 0 aromatic heterocycles. The summed E-state index contributed by atoms with van der Waals surface area (Å²) >= 11 is 0. The number of rotatable bonds is 4. The van der Waals surface area contributed by atoms with Gasteiger partial charge in [-0.25, -0.2) is 13.1 Å². The summed E-state index contributed by atoms with van der Waals surface area (Å²) in [5, 5.41) is 3.34. The molecule has 0 aromatic carbocycles. The van der Waals surface area contributed by atoms with Gasteiger partial charge >= 0.3 is 0 Å². The summed E-state index contributed by atoms with van der Waals surface area (Å²) in [6.07, 6.45) is 1.19. The van der Waals surface area contributed by atoms with Gasteiger partial charge in [0, 0.05) is 38.8 Å². The van der Waals surface area contributed by atoms with Crippen LogP contribution >= 0.6 is 0 Å². The molecular weight excluding hydrogens is 202 g/mol. The van der Waals surface area contributed by atoms with Gasteiger partial charge in [-0.05, 0) is 6.92 Å². The van der Waals surface area contributed by atoms with Crippen molar-refractivity contribution in [3.05, 3.63) is 0 Å². The van der Waals surface area contributed by atoms with Crippen LogP contribution in [-0.2, 0) is 10.0 Å². The van der Waals surface area contributed by atoms with Crippen LogP contribution in [0.25, 0.3) is 0 Å².